The van der Waals surface area contributed by atoms with Crippen molar-refractivity contribution in [3.05, 3.63) is 36.4 Å². The minimum absolute atomic E-state index is 0.511. The second-order valence-electron chi connectivity index (χ2n) is 3.99. The van der Waals surface area contributed by atoms with Gasteiger partial charge in [-0.3, -0.25) is 0 Å². The summed E-state index contributed by atoms with van der Waals surface area (Å²) in [6.45, 7) is 0. The van der Waals surface area contributed by atoms with Crippen LogP contribution in [0.1, 0.15) is 0 Å². The zero-order valence-electron chi connectivity index (χ0n) is 8.92. The largest absolute Gasteiger partial charge is 0.488 e. The minimum atomic E-state index is -1.42. The Morgan fingerprint density at radius 3 is 2.29 bits per heavy atom. The highest BCUT2D eigenvalue weighted by molar-refractivity contribution is 7.25. The number of nitrogen functional groups attached to an aromatic ring is 1. The maximum Gasteiger partial charge on any atom is 0.488 e. The van der Waals surface area contributed by atoms with Gasteiger partial charge in [-0.15, -0.1) is 11.3 Å². The zero-order chi connectivity index (χ0) is 12.0. The van der Waals surface area contributed by atoms with E-state index < -0.39 is 7.12 Å². The zero-order valence-corrected chi connectivity index (χ0v) is 9.74. The van der Waals surface area contributed by atoms with E-state index in [0.717, 1.165) is 25.9 Å². The number of benzene rings is 2. The SMILES string of the molecule is Nc1ccc2c(c1)sc1cc(B(O)O)ccc12. The van der Waals surface area contributed by atoms with Crippen LogP contribution in [0.2, 0.25) is 0 Å². The van der Waals surface area contributed by atoms with Gasteiger partial charge >= 0.3 is 7.12 Å². The minimum Gasteiger partial charge on any atom is -0.423 e. The van der Waals surface area contributed by atoms with Gasteiger partial charge in [0.25, 0.3) is 0 Å². The van der Waals surface area contributed by atoms with E-state index in [1.165, 1.54) is 0 Å². The van der Waals surface area contributed by atoms with Crippen LogP contribution in [0, 0.1) is 0 Å². The van der Waals surface area contributed by atoms with E-state index in [1.54, 1.807) is 23.5 Å². The maximum absolute atomic E-state index is 9.14. The fourth-order valence-electron chi connectivity index (χ4n) is 1.97. The second-order valence-corrected chi connectivity index (χ2v) is 5.07. The number of thiophene rings is 1. The highest BCUT2D eigenvalue weighted by atomic mass is 32.1. The topological polar surface area (TPSA) is 66.5 Å². The molecule has 0 amide bonds. The molecule has 0 radical (unpaired) electrons. The lowest BCUT2D eigenvalue weighted by atomic mass is 9.80. The van der Waals surface area contributed by atoms with Crippen LogP contribution in [0.15, 0.2) is 36.4 Å². The molecule has 0 fully saturated rings. The van der Waals surface area contributed by atoms with Crippen molar-refractivity contribution in [3.8, 4) is 0 Å². The molecule has 1 aromatic heterocycles. The predicted octanol–water partition coefficient (Wildman–Crippen LogP) is 1.32. The summed E-state index contributed by atoms with van der Waals surface area (Å²) < 4.78 is 2.15. The molecule has 3 rings (SSSR count). The van der Waals surface area contributed by atoms with E-state index in [2.05, 4.69) is 0 Å². The maximum atomic E-state index is 9.14. The Labute approximate surface area is 102 Å². The molecule has 0 aliphatic rings. The molecule has 0 saturated carbocycles. The molecule has 17 heavy (non-hydrogen) atoms. The quantitative estimate of drug-likeness (QED) is 0.446. The van der Waals surface area contributed by atoms with Crippen LogP contribution < -0.4 is 11.2 Å². The van der Waals surface area contributed by atoms with Crippen LogP contribution in [-0.4, -0.2) is 17.2 Å². The van der Waals surface area contributed by atoms with Crippen molar-refractivity contribution < 1.29 is 10.0 Å². The molecule has 0 saturated heterocycles. The summed E-state index contributed by atoms with van der Waals surface area (Å²) in [6.07, 6.45) is 0. The molecule has 84 valence electrons. The van der Waals surface area contributed by atoms with Crippen LogP contribution in [0.5, 0.6) is 0 Å². The summed E-state index contributed by atoms with van der Waals surface area (Å²) in [7, 11) is -1.42. The first-order valence-corrected chi connectivity index (χ1v) is 6.04. The van der Waals surface area contributed by atoms with Crippen LogP contribution >= 0.6 is 11.3 Å². The molecule has 4 N–H and O–H groups in total. The Kier molecular flexibility index (Phi) is 2.33. The average molecular weight is 243 g/mol. The molecule has 0 aliphatic carbocycles. The van der Waals surface area contributed by atoms with E-state index in [9.17, 15) is 0 Å². The van der Waals surface area contributed by atoms with E-state index in [1.807, 2.05) is 24.3 Å². The van der Waals surface area contributed by atoms with Crippen molar-refractivity contribution in [2.24, 2.45) is 0 Å². The molecule has 0 spiro atoms. The molecular formula is C12H10BNO2S. The van der Waals surface area contributed by atoms with Crippen molar-refractivity contribution in [3.63, 3.8) is 0 Å². The molecule has 0 atom stereocenters. The summed E-state index contributed by atoms with van der Waals surface area (Å²) >= 11 is 1.61. The monoisotopic (exact) mass is 243 g/mol. The molecular weight excluding hydrogens is 233 g/mol. The van der Waals surface area contributed by atoms with Crippen molar-refractivity contribution in [2.45, 2.75) is 0 Å². The average Bonchev–Trinajstić information content (AvgIpc) is 2.64. The Morgan fingerprint density at radius 2 is 1.59 bits per heavy atom. The smallest absolute Gasteiger partial charge is 0.423 e. The van der Waals surface area contributed by atoms with Crippen LogP contribution in [0.25, 0.3) is 20.2 Å². The van der Waals surface area contributed by atoms with Gasteiger partial charge in [0.15, 0.2) is 0 Å². The lowest BCUT2D eigenvalue weighted by Gasteiger charge is -1.98. The van der Waals surface area contributed by atoms with E-state index in [4.69, 9.17) is 15.8 Å². The first-order valence-electron chi connectivity index (χ1n) is 5.23. The standard InChI is InChI=1S/C12H10BNO2S/c14-8-2-4-10-9-3-1-7(13(15)16)5-11(9)17-12(10)6-8/h1-6,15-16H,14H2. The van der Waals surface area contributed by atoms with Gasteiger partial charge in [0, 0.05) is 25.9 Å². The van der Waals surface area contributed by atoms with Crippen molar-refractivity contribution in [1.29, 1.82) is 0 Å². The third-order valence-electron chi connectivity index (χ3n) is 2.82. The molecule has 5 heteroatoms. The Hall–Kier alpha value is -1.56. The van der Waals surface area contributed by atoms with Gasteiger partial charge in [-0.1, -0.05) is 18.2 Å². The first-order chi connectivity index (χ1) is 8.15. The van der Waals surface area contributed by atoms with Crippen molar-refractivity contribution in [2.75, 3.05) is 5.73 Å². The third kappa shape index (κ3) is 1.68. The summed E-state index contributed by atoms with van der Waals surface area (Å²) in [6, 6.07) is 11.3. The second kappa shape index (κ2) is 3.73. The fraction of sp³-hybridized carbons (Fsp3) is 0. The lowest BCUT2D eigenvalue weighted by molar-refractivity contribution is 0.426. The number of hydrogen-bond acceptors (Lipinski definition) is 4. The summed E-state index contributed by atoms with van der Waals surface area (Å²) in [5.41, 5.74) is 7.00. The van der Waals surface area contributed by atoms with Gasteiger partial charge in [-0.2, -0.15) is 0 Å². The predicted molar refractivity (Wildman–Crippen MR) is 73.6 cm³/mol. The van der Waals surface area contributed by atoms with Gasteiger partial charge in [-0.25, -0.2) is 0 Å². The van der Waals surface area contributed by atoms with Crippen LogP contribution in [-0.2, 0) is 0 Å². The molecule has 0 bridgehead atoms. The summed E-state index contributed by atoms with van der Waals surface area (Å²) in [4.78, 5) is 0. The highest BCUT2D eigenvalue weighted by Gasteiger charge is 2.13. The number of fused-ring (bicyclic) bond motifs is 3. The fourth-order valence-corrected chi connectivity index (χ4v) is 3.17. The van der Waals surface area contributed by atoms with E-state index in [-0.39, 0.29) is 0 Å². The molecule has 2 aromatic carbocycles. The van der Waals surface area contributed by atoms with Gasteiger partial charge in [0.2, 0.25) is 0 Å². The van der Waals surface area contributed by atoms with Crippen LogP contribution in [0.3, 0.4) is 0 Å². The van der Waals surface area contributed by atoms with Gasteiger partial charge < -0.3 is 15.8 Å². The molecule has 3 aromatic rings. The van der Waals surface area contributed by atoms with Crippen molar-refractivity contribution in [1.82, 2.24) is 0 Å². The van der Waals surface area contributed by atoms with Gasteiger partial charge in [-0.05, 0) is 23.7 Å². The summed E-state index contributed by atoms with van der Waals surface area (Å²) in [5.74, 6) is 0. The number of hydrogen-bond donors (Lipinski definition) is 3. The van der Waals surface area contributed by atoms with Gasteiger partial charge in [0.1, 0.15) is 0 Å². The van der Waals surface area contributed by atoms with E-state index in [0.29, 0.717) is 5.46 Å². The Bertz CT molecular complexity index is 708. The van der Waals surface area contributed by atoms with Crippen LogP contribution in [0.4, 0.5) is 5.69 Å². The highest BCUT2D eigenvalue weighted by Crippen LogP contribution is 2.34. The Balaban J connectivity index is 2.35. The van der Waals surface area contributed by atoms with E-state index >= 15 is 0 Å². The number of nitrogens with two attached hydrogens (primary N) is 1. The third-order valence-corrected chi connectivity index (χ3v) is 3.93. The van der Waals surface area contributed by atoms with Crippen molar-refractivity contribution >= 4 is 49.8 Å². The molecule has 3 nitrogen and oxygen atoms in total. The normalized spacial score (nSPS) is 11.2. The van der Waals surface area contributed by atoms with Gasteiger partial charge in [0.05, 0.1) is 0 Å². The molecule has 0 aliphatic heterocycles. The Morgan fingerprint density at radius 1 is 0.941 bits per heavy atom. The first kappa shape index (κ1) is 10.6. The summed E-state index contributed by atoms with van der Waals surface area (Å²) in [5, 5.41) is 20.6. The lowest BCUT2D eigenvalue weighted by Crippen LogP contribution is -2.29. The molecule has 1 heterocycles. The number of rotatable bonds is 1. The molecule has 0 unspecified atom stereocenters. The number of anilines is 1.